The smallest absolute Gasteiger partial charge is 0.311 e. The van der Waals surface area contributed by atoms with E-state index >= 15 is 0 Å². The Bertz CT molecular complexity index is 483. The van der Waals surface area contributed by atoms with Crippen LogP contribution in [-0.2, 0) is 4.79 Å². The molecular weight excluding hydrogens is 242 g/mol. The minimum absolute atomic E-state index is 0.456. The van der Waals surface area contributed by atoms with Gasteiger partial charge in [-0.1, -0.05) is 18.6 Å². The molecule has 1 aromatic rings. The van der Waals surface area contributed by atoms with Crippen molar-refractivity contribution in [2.75, 3.05) is 7.11 Å². The monoisotopic (exact) mass is 263 g/mol. The van der Waals surface area contributed by atoms with Gasteiger partial charge in [-0.3, -0.25) is 4.79 Å². The number of nitrogens with two attached hydrogens (primary N) is 1. The minimum Gasteiger partial charge on any atom is -0.496 e. The molecule has 0 aromatic heterocycles. The van der Waals surface area contributed by atoms with Gasteiger partial charge in [0.05, 0.1) is 12.5 Å². The average Bonchev–Trinajstić information content (AvgIpc) is 2.26. The van der Waals surface area contributed by atoms with Crippen molar-refractivity contribution in [1.82, 2.24) is 0 Å². The summed E-state index contributed by atoms with van der Waals surface area (Å²) >= 11 is 0. The molecule has 104 valence electrons. The third-order valence-corrected chi connectivity index (χ3v) is 4.31. The molecule has 19 heavy (non-hydrogen) atoms. The molecular formula is C15H21NO3. The summed E-state index contributed by atoms with van der Waals surface area (Å²) in [7, 11) is 1.64. The van der Waals surface area contributed by atoms with Gasteiger partial charge in [-0.05, 0) is 43.4 Å². The number of rotatable bonds is 4. The number of hydrogen-bond donors (Lipinski definition) is 2. The highest BCUT2D eigenvalue weighted by Crippen LogP contribution is 2.49. The number of carbonyl (C=O) groups is 1. The van der Waals surface area contributed by atoms with Crippen molar-refractivity contribution in [3.63, 3.8) is 0 Å². The molecule has 3 N–H and O–H groups in total. The van der Waals surface area contributed by atoms with E-state index in [1.807, 2.05) is 26.0 Å². The molecule has 1 unspecified atom stereocenters. The summed E-state index contributed by atoms with van der Waals surface area (Å²) in [6, 6.07) is 3.43. The maximum Gasteiger partial charge on any atom is 0.311 e. The maximum atomic E-state index is 11.5. The van der Waals surface area contributed by atoms with Gasteiger partial charge in [0.25, 0.3) is 0 Å². The van der Waals surface area contributed by atoms with Crippen LogP contribution in [0.4, 0.5) is 0 Å². The van der Waals surface area contributed by atoms with Gasteiger partial charge >= 0.3 is 5.97 Å². The van der Waals surface area contributed by atoms with Gasteiger partial charge in [0.15, 0.2) is 0 Å². The van der Waals surface area contributed by atoms with Crippen LogP contribution in [0.5, 0.6) is 5.75 Å². The fraction of sp³-hybridized carbons (Fsp3) is 0.533. The number of methoxy groups -OCH3 is 1. The second kappa shape index (κ2) is 4.85. The Morgan fingerprint density at radius 2 is 1.89 bits per heavy atom. The lowest BCUT2D eigenvalue weighted by Crippen LogP contribution is -2.46. The highest BCUT2D eigenvalue weighted by Gasteiger charge is 2.49. The van der Waals surface area contributed by atoms with Gasteiger partial charge < -0.3 is 15.6 Å². The molecule has 0 heterocycles. The summed E-state index contributed by atoms with van der Waals surface area (Å²) in [5, 5.41) is 9.45. The Morgan fingerprint density at radius 3 is 2.21 bits per heavy atom. The van der Waals surface area contributed by atoms with Gasteiger partial charge in [-0.2, -0.15) is 0 Å². The fourth-order valence-corrected chi connectivity index (χ4v) is 3.02. The van der Waals surface area contributed by atoms with Gasteiger partial charge in [-0.25, -0.2) is 0 Å². The Morgan fingerprint density at radius 1 is 1.37 bits per heavy atom. The van der Waals surface area contributed by atoms with E-state index in [0.29, 0.717) is 12.8 Å². The molecule has 0 saturated heterocycles. The molecule has 1 saturated carbocycles. The highest BCUT2D eigenvalue weighted by atomic mass is 16.5. The zero-order chi connectivity index (χ0) is 14.2. The zero-order valence-corrected chi connectivity index (χ0v) is 11.7. The van der Waals surface area contributed by atoms with Crippen LogP contribution in [0, 0.1) is 19.3 Å². The molecule has 0 bridgehead atoms. The van der Waals surface area contributed by atoms with Crippen LogP contribution in [-0.4, -0.2) is 18.2 Å². The number of carboxylic acids is 1. The molecule has 4 nitrogen and oxygen atoms in total. The molecule has 1 aliphatic rings. The maximum absolute atomic E-state index is 11.5. The van der Waals surface area contributed by atoms with E-state index < -0.39 is 17.4 Å². The summed E-state index contributed by atoms with van der Waals surface area (Å²) in [5.41, 5.74) is 8.33. The van der Waals surface area contributed by atoms with Crippen LogP contribution < -0.4 is 10.5 Å². The van der Waals surface area contributed by atoms with E-state index in [2.05, 4.69) is 0 Å². The number of aryl methyl sites for hydroxylation is 2. The lowest BCUT2D eigenvalue weighted by Gasteiger charge is -2.42. The molecule has 0 amide bonds. The third kappa shape index (κ3) is 2.10. The van der Waals surface area contributed by atoms with Crippen molar-refractivity contribution < 1.29 is 14.6 Å². The van der Waals surface area contributed by atoms with E-state index in [1.54, 1.807) is 7.11 Å². The van der Waals surface area contributed by atoms with Crippen LogP contribution in [0.2, 0.25) is 0 Å². The summed E-state index contributed by atoms with van der Waals surface area (Å²) in [5.74, 6) is 0.0614. The van der Waals surface area contributed by atoms with Crippen LogP contribution in [0.15, 0.2) is 12.1 Å². The predicted molar refractivity (Wildman–Crippen MR) is 73.3 cm³/mol. The Kier molecular flexibility index (Phi) is 3.54. The predicted octanol–water partition coefficient (Wildman–Crippen LogP) is 2.57. The van der Waals surface area contributed by atoms with E-state index in [0.717, 1.165) is 28.9 Å². The molecule has 1 aliphatic carbocycles. The lowest BCUT2D eigenvalue weighted by atomic mass is 9.62. The standard InChI is InChI=1S/C15H21NO3/c1-9-7-11(8-10(2)12(9)19-3)13(16)15(14(17)18)5-4-6-15/h7-8,13H,4-6,16H2,1-3H3,(H,17,18). The topological polar surface area (TPSA) is 72.5 Å². The van der Waals surface area contributed by atoms with Crippen LogP contribution in [0.1, 0.15) is 42.0 Å². The first-order valence-electron chi connectivity index (χ1n) is 6.56. The molecule has 0 aliphatic heterocycles. The van der Waals surface area contributed by atoms with Crippen LogP contribution in [0.3, 0.4) is 0 Å². The highest BCUT2D eigenvalue weighted by molar-refractivity contribution is 5.77. The SMILES string of the molecule is COc1c(C)cc(C(N)C2(C(=O)O)CCC2)cc1C. The normalized spacial score (nSPS) is 18.5. The van der Waals surface area contributed by atoms with E-state index in [-0.39, 0.29) is 0 Å². The summed E-state index contributed by atoms with van der Waals surface area (Å²) in [6.07, 6.45) is 2.26. The van der Waals surface area contributed by atoms with Crippen molar-refractivity contribution in [1.29, 1.82) is 0 Å². The third-order valence-electron chi connectivity index (χ3n) is 4.31. The van der Waals surface area contributed by atoms with Crippen molar-refractivity contribution >= 4 is 5.97 Å². The first-order chi connectivity index (χ1) is 8.92. The van der Waals surface area contributed by atoms with E-state index in [9.17, 15) is 9.90 Å². The first-order valence-corrected chi connectivity index (χ1v) is 6.56. The molecule has 0 radical (unpaired) electrons. The van der Waals surface area contributed by atoms with Crippen molar-refractivity contribution in [2.45, 2.75) is 39.2 Å². The molecule has 1 fully saturated rings. The number of carboxylic acid groups (broad SMARTS) is 1. The zero-order valence-electron chi connectivity index (χ0n) is 11.7. The van der Waals surface area contributed by atoms with Crippen molar-refractivity contribution in [3.05, 3.63) is 28.8 Å². The Balaban J connectivity index is 2.39. The number of hydrogen-bond acceptors (Lipinski definition) is 3. The second-order valence-electron chi connectivity index (χ2n) is 5.48. The van der Waals surface area contributed by atoms with Gasteiger partial charge in [0.2, 0.25) is 0 Å². The largest absolute Gasteiger partial charge is 0.496 e. The number of benzene rings is 1. The Hall–Kier alpha value is -1.55. The number of ether oxygens (including phenoxy) is 1. The first kappa shape index (κ1) is 13.9. The van der Waals surface area contributed by atoms with Gasteiger partial charge in [-0.15, -0.1) is 0 Å². The van der Waals surface area contributed by atoms with Gasteiger partial charge in [0.1, 0.15) is 5.75 Å². The minimum atomic E-state index is -0.784. The molecule has 1 aromatic carbocycles. The second-order valence-corrected chi connectivity index (χ2v) is 5.48. The van der Waals surface area contributed by atoms with Crippen molar-refractivity contribution in [2.24, 2.45) is 11.1 Å². The number of aliphatic carboxylic acids is 1. The molecule has 4 heteroatoms. The van der Waals surface area contributed by atoms with Crippen LogP contribution >= 0.6 is 0 Å². The Labute approximate surface area is 113 Å². The molecule has 1 atom stereocenters. The summed E-state index contributed by atoms with van der Waals surface area (Å²) < 4.78 is 5.33. The quantitative estimate of drug-likeness (QED) is 0.875. The molecule has 0 spiro atoms. The lowest BCUT2D eigenvalue weighted by molar-refractivity contribution is -0.156. The summed E-state index contributed by atoms with van der Waals surface area (Å²) in [4.78, 5) is 11.5. The van der Waals surface area contributed by atoms with Crippen LogP contribution in [0.25, 0.3) is 0 Å². The summed E-state index contributed by atoms with van der Waals surface area (Å²) in [6.45, 7) is 3.91. The van der Waals surface area contributed by atoms with E-state index in [1.165, 1.54) is 0 Å². The molecule has 2 rings (SSSR count). The van der Waals surface area contributed by atoms with E-state index in [4.69, 9.17) is 10.5 Å². The fourth-order valence-electron chi connectivity index (χ4n) is 3.02. The van der Waals surface area contributed by atoms with Crippen molar-refractivity contribution in [3.8, 4) is 5.75 Å². The van der Waals surface area contributed by atoms with Gasteiger partial charge in [0, 0.05) is 6.04 Å². The average molecular weight is 263 g/mol.